The van der Waals surface area contributed by atoms with Crippen LogP contribution in [0.1, 0.15) is 30.5 Å². The fraction of sp³-hybridized carbons (Fsp3) is 0.217. The lowest BCUT2D eigenvalue weighted by molar-refractivity contribution is 0.0660. The minimum absolute atomic E-state index is 0.240. The van der Waals surface area contributed by atoms with Crippen molar-refractivity contribution in [1.29, 1.82) is 0 Å². The first kappa shape index (κ1) is 15.2. The lowest BCUT2D eigenvalue weighted by atomic mass is 9.93. The largest absolute Gasteiger partial charge is 0.374 e. The maximum absolute atomic E-state index is 5.87. The molecule has 0 atom stereocenters. The molecule has 0 radical (unpaired) electrons. The highest BCUT2D eigenvalue weighted by Crippen LogP contribution is 2.42. The zero-order chi connectivity index (χ0) is 16.5. The zero-order valence-corrected chi connectivity index (χ0v) is 14.3. The van der Waals surface area contributed by atoms with Crippen LogP contribution in [0, 0.1) is 0 Å². The number of hydrogen-bond acceptors (Lipinski definition) is 1. The first-order chi connectivity index (χ1) is 11.7. The Morgan fingerprint density at radius 3 is 2.17 bits per heavy atom. The first-order valence-electron chi connectivity index (χ1n) is 8.64. The first-order valence-corrected chi connectivity index (χ1v) is 8.64. The molecule has 0 saturated heterocycles. The van der Waals surface area contributed by atoms with Crippen LogP contribution >= 0.6 is 0 Å². The monoisotopic (exact) mass is 314 g/mol. The predicted octanol–water partition coefficient (Wildman–Crippen LogP) is 5.85. The topological polar surface area (TPSA) is 9.23 Å². The third-order valence-corrected chi connectivity index (χ3v) is 4.73. The van der Waals surface area contributed by atoms with Crippen LogP contribution in [-0.4, -0.2) is 6.10 Å². The summed E-state index contributed by atoms with van der Waals surface area (Å²) in [6.45, 7) is 4.82. The number of fused-ring (bicyclic) bond motifs is 3. The third kappa shape index (κ3) is 2.65. The van der Waals surface area contributed by atoms with Crippen molar-refractivity contribution in [3.8, 4) is 22.3 Å². The molecule has 120 valence electrons. The van der Waals surface area contributed by atoms with Crippen molar-refractivity contribution >= 4 is 0 Å². The summed E-state index contributed by atoms with van der Waals surface area (Å²) < 4.78 is 5.87. The molecule has 0 heterocycles. The van der Waals surface area contributed by atoms with Crippen molar-refractivity contribution in [3.63, 3.8) is 0 Å². The normalized spacial score (nSPS) is 12.3. The minimum atomic E-state index is 0.240. The van der Waals surface area contributed by atoms with Crippen LogP contribution < -0.4 is 0 Å². The Kier molecular flexibility index (Phi) is 3.95. The van der Waals surface area contributed by atoms with Crippen LogP contribution in [0.15, 0.2) is 66.7 Å². The molecule has 0 N–H and O–H groups in total. The molecular formula is C23H22O. The van der Waals surface area contributed by atoms with Gasteiger partial charge in [-0.25, -0.2) is 0 Å². The number of ether oxygens (including phenoxy) is 1. The summed E-state index contributed by atoms with van der Waals surface area (Å²) in [5.41, 5.74) is 9.52. The van der Waals surface area contributed by atoms with Crippen molar-refractivity contribution in [2.24, 2.45) is 0 Å². The molecule has 1 nitrogen and oxygen atoms in total. The van der Waals surface area contributed by atoms with E-state index >= 15 is 0 Å². The molecule has 0 saturated carbocycles. The van der Waals surface area contributed by atoms with Crippen LogP contribution in [0.2, 0.25) is 0 Å². The van der Waals surface area contributed by atoms with E-state index < -0.39 is 0 Å². The van der Waals surface area contributed by atoms with Gasteiger partial charge >= 0.3 is 0 Å². The average Bonchev–Trinajstić information content (AvgIpc) is 2.99. The second-order valence-corrected chi connectivity index (χ2v) is 6.68. The van der Waals surface area contributed by atoms with Gasteiger partial charge in [-0.05, 0) is 59.2 Å². The maximum Gasteiger partial charge on any atom is 0.0726 e. The molecule has 0 aliphatic heterocycles. The van der Waals surface area contributed by atoms with Gasteiger partial charge in [-0.1, -0.05) is 66.7 Å². The second-order valence-electron chi connectivity index (χ2n) is 6.68. The van der Waals surface area contributed by atoms with E-state index in [0.717, 1.165) is 6.42 Å². The van der Waals surface area contributed by atoms with Gasteiger partial charge in [-0.3, -0.25) is 0 Å². The Bertz CT molecular complexity index is 877. The van der Waals surface area contributed by atoms with Crippen molar-refractivity contribution in [1.82, 2.24) is 0 Å². The lowest BCUT2D eigenvalue weighted by Gasteiger charge is -2.15. The highest BCUT2D eigenvalue weighted by Gasteiger charge is 2.21. The summed E-state index contributed by atoms with van der Waals surface area (Å²) in [6.07, 6.45) is 1.25. The van der Waals surface area contributed by atoms with Crippen molar-refractivity contribution < 1.29 is 4.74 Å². The van der Waals surface area contributed by atoms with Gasteiger partial charge in [0.15, 0.2) is 0 Å². The molecule has 4 rings (SSSR count). The van der Waals surface area contributed by atoms with Gasteiger partial charge in [0.25, 0.3) is 0 Å². The molecule has 0 unspecified atom stereocenters. The average molecular weight is 314 g/mol. The van der Waals surface area contributed by atoms with E-state index in [4.69, 9.17) is 4.74 Å². The second kappa shape index (κ2) is 6.26. The molecule has 0 amide bonds. The molecule has 1 aliphatic rings. The third-order valence-electron chi connectivity index (χ3n) is 4.73. The molecular weight excluding hydrogens is 292 g/mol. The molecule has 1 heteroatoms. The van der Waals surface area contributed by atoms with E-state index in [9.17, 15) is 0 Å². The molecule has 0 spiro atoms. The van der Waals surface area contributed by atoms with E-state index in [-0.39, 0.29) is 6.10 Å². The fourth-order valence-corrected chi connectivity index (χ4v) is 3.57. The van der Waals surface area contributed by atoms with Crippen molar-refractivity contribution in [2.75, 3.05) is 0 Å². The van der Waals surface area contributed by atoms with Crippen LogP contribution in [0.5, 0.6) is 0 Å². The Hall–Kier alpha value is -2.38. The Morgan fingerprint density at radius 1 is 0.750 bits per heavy atom. The summed E-state index contributed by atoms with van der Waals surface area (Å²) in [5, 5.41) is 0. The SMILES string of the molecule is CC(C)OCc1ccccc1-c1cccc2c1Cc1ccccc1-2. The van der Waals surface area contributed by atoms with Crippen LogP contribution in [0.25, 0.3) is 22.3 Å². The standard InChI is InChI=1S/C23H22O/c1-16(2)24-15-18-9-4-6-11-20(18)22-13-7-12-21-19-10-5-3-8-17(19)14-23(21)22/h3-13,16H,14-15H2,1-2H3. The smallest absolute Gasteiger partial charge is 0.0726 e. The molecule has 24 heavy (non-hydrogen) atoms. The summed E-state index contributed by atoms with van der Waals surface area (Å²) in [6, 6.07) is 24.0. The fourth-order valence-electron chi connectivity index (χ4n) is 3.57. The van der Waals surface area contributed by atoms with Crippen LogP contribution in [0.3, 0.4) is 0 Å². The van der Waals surface area contributed by atoms with Gasteiger partial charge in [0, 0.05) is 0 Å². The molecule has 0 fully saturated rings. The minimum Gasteiger partial charge on any atom is -0.374 e. The highest BCUT2D eigenvalue weighted by atomic mass is 16.5. The van der Waals surface area contributed by atoms with E-state index in [1.165, 1.54) is 38.9 Å². The van der Waals surface area contributed by atoms with Gasteiger partial charge in [0.05, 0.1) is 12.7 Å². The molecule has 0 aromatic heterocycles. The quantitative estimate of drug-likeness (QED) is 0.459. The Balaban J connectivity index is 1.80. The van der Waals surface area contributed by atoms with Gasteiger partial charge in [-0.15, -0.1) is 0 Å². The maximum atomic E-state index is 5.87. The summed E-state index contributed by atoms with van der Waals surface area (Å²) >= 11 is 0. The summed E-state index contributed by atoms with van der Waals surface area (Å²) in [4.78, 5) is 0. The zero-order valence-electron chi connectivity index (χ0n) is 14.3. The van der Waals surface area contributed by atoms with E-state index in [0.29, 0.717) is 6.61 Å². The molecule has 3 aromatic rings. The lowest BCUT2D eigenvalue weighted by Crippen LogP contribution is -2.03. The van der Waals surface area contributed by atoms with Gasteiger partial charge in [0.1, 0.15) is 0 Å². The van der Waals surface area contributed by atoms with Crippen molar-refractivity contribution in [3.05, 3.63) is 83.4 Å². The van der Waals surface area contributed by atoms with Crippen molar-refractivity contribution in [2.45, 2.75) is 33.0 Å². The summed E-state index contributed by atoms with van der Waals surface area (Å²) in [7, 11) is 0. The predicted molar refractivity (Wildman–Crippen MR) is 100 cm³/mol. The van der Waals surface area contributed by atoms with Gasteiger partial charge in [-0.2, -0.15) is 0 Å². The van der Waals surface area contributed by atoms with E-state index in [1.807, 2.05) is 0 Å². The van der Waals surface area contributed by atoms with Gasteiger partial charge < -0.3 is 4.74 Å². The highest BCUT2D eigenvalue weighted by molar-refractivity contribution is 5.85. The Morgan fingerprint density at radius 2 is 1.38 bits per heavy atom. The van der Waals surface area contributed by atoms with E-state index in [2.05, 4.69) is 80.6 Å². The molecule has 3 aromatic carbocycles. The van der Waals surface area contributed by atoms with Crippen LogP contribution in [-0.2, 0) is 17.8 Å². The number of benzene rings is 3. The van der Waals surface area contributed by atoms with Gasteiger partial charge in [0.2, 0.25) is 0 Å². The number of rotatable bonds is 4. The summed E-state index contributed by atoms with van der Waals surface area (Å²) in [5.74, 6) is 0. The van der Waals surface area contributed by atoms with Crippen LogP contribution in [0.4, 0.5) is 0 Å². The molecule has 0 bridgehead atoms. The van der Waals surface area contributed by atoms with E-state index in [1.54, 1.807) is 0 Å². The Labute approximate surface area is 143 Å². The number of hydrogen-bond donors (Lipinski definition) is 0. The molecule has 1 aliphatic carbocycles.